The number of hydrogen-bond acceptors (Lipinski definition) is 2. The topological polar surface area (TPSA) is 21.1 Å². The van der Waals surface area contributed by atoms with Crippen molar-refractivity contribution in [3.8, 4) is 0 Å². The molecule has 0 spiro atoms. The minimum absolute atomic E-state index is 0.872. The summed E-state index contributed by atoms with van der Waals surface area (Å²) in [6.07, 6.45) is 14.3. The third-order valence-corrected chi connectivity index (χ3v) is 4.54. The van der Waals surface area contributed by atoms with Crippen LogP contribution in [0, 0.1) is 5.92 Å². The lowest BCUT2D eigenvalue weighted by molar-refractivity contribution is 0.191. The molecule has 1 aromatic carbocycles. The smallest absolute Gasteiger partial charge is 0.0945 e. The average Bonchev–Trinajstić information content (AvgIpc) is 3.09. The Hall–Kier alpha value is -1.87. The third-order valence-electron chi connectivity index (χ3n) is 4.54. The van der Waals surface area contributed by atoms with Crippen LogP contribution < -0.4 is 0 Å². The Bertz CT molecular complexity index is 552. The van der Waals surface area contributed by atoms with E-state index in [0.29, 0.717) is 0 Å². The van der Waals surface area contributed by atoms with Crippen molar-refractivity contribution in [3.05, 3.63) is 60.7 Å². The normalized spacial score (nSPS) is 17.3. The Morgan fingerprint density at radius 3 is 2.68 bits per heavy atom. The van der Waals surface area contributed by atoms with E-state index in [2.05, 4.69) is 63.1 Å². The zero-order valence-corrected chi connectivity index (χ0v) is 13.1. The van der Waals surface area contributed by atoms with Crippen LogP contribution in [0.3, 0.4) is 0 Å². The molecular formula is C19H25N3. The van der Waals surface area contributed by atoms with E-state index in [1.807, 2.05) is 12.5 Å². The lowest BCUT2D eigenvalue weighted by Gasteiger charge is -2.31. The van der Waals surface area contributed by atoms with Gasteiger partial charge in [0.05, 0.1) is 6.33 Å². The zero-order chi connectivity index (χ0) is 15.0. The molecule has 2 heterocycles. The van der Waals surface area contributed by atoms with Crippen LogP contribution in [-0.4, -0.2) is 34.1 Å². The van der Waals surface area contributed by atoms with Gasteiger partial charge in [0.15, 0.2) is 0 Å². The Kier molecular flexibility index (Phi) is 5.43. The number of imidazole rings is 1. The van der Waals surface area contributed by atoms with Crippen molar-refractivity contribution in [1.82, 2.24) is 14.5 Å². The van der Waals surface area contributed by atoms with E-state index in [-0.39, 0.29) is 0 Å². The summed E-state index contributed by atoms with van der Waals surface area (Å²) < 4.78 is 2.19. The van der Waals surface area contributed by atoms with Gasteiger partial charge in [0, 0.05) is 25.5 Å². The summed E-state index contributed by atoms with van der Waals surface area (Å²) in [4.78, 5) is 6.67. The molecule has 1 aliphatic heterocycles. The van der Waals surface area contributed by atoms with Crippen molar-refractivity contribution in [1.29, 1.82) is 0 Å². The van der Waals surface area contributed by atoms with Crippen LogP contribution in [0.4, 0.5) is 0 Å². The highest BCUT2D eigenvalue weighted by atomic mass is 15.1. The molecule has 3 nitrogen and oxygen atoms in total. The van der Waals surface area contributed by atoms with Gasteiger partial charge in [-0.05, 0) is 43.8 Å². The number of piperidine rings is 1. The van der Waals surface area contributed by atoms with Gasteiger partial charge in [0.25, 0.3) is 0 Å². The maximum Gasteiger partial charge on any atom is 0.0945 e. The summed E-state index contributed by atoms with van der Waals surface area (Å²) in [6, 6.07) is 10.5. The van der Waals surface area contributed by atoms with Crippen LogP contribution in [0.15, 0.2) is 55.1 Å². The van der Waals surface area contributed by atoms with Crippen molar-refractivity contribution in [2.45, 2.75) is 25.8 Å². The zero-order valence-electron chi connectivity index (χ0n) is 13.1. The Morgan fingerprint density at radius 1 is 1.14 bits per heavy atom. The number of aromatic nitrogens is 2. The van der Waals surface area contributed by atoms with Gasteiger partial charge in [-0.15, -0.1) is 0 Å². The first-order valence-corrected chi connectivity index (χ1v) is 8.30. The van der Waals surface area contributed by atoms with Crippen LogP contribution in [0.2, 0.25) is 0 Å². The first kappa shape index (κ1) is 15.0. The fraction of sp³-hybridized carbons (Fsp3) is 0.421. The summed E-state index contributed by atoms with van der Waals surface area (Å²) in [5.41, 5.74) is 1.29. The summed E-state index contributed by atoms with van der Waals surface area (Å²) in [7, 11) is 0. The minimum Gasteiger partial charge on any atom is -0.337 e. The largest absolute Gasteiger partial charge is 0.337 e. The summed E-state index contributed by atoms with van der Waals surface area (Å²) >= 11 is 0. The second kappa shape index (κ2) is 7.95. The molecule has 22 heavy (non-hydrogen) atoms. The number of nitrogens with zero attached hydrogens (tertiary/aromatic N) is 3. The monoisotopic (exact) mass is 295 g/mol. The predicted octanol–water partition coefficient (Wildman–Crippen LogP) is 3.70. The quantitative estimate of drug-likeness (QED) is 0.810. The molecule has 0 unspecified atom stereocenters. The van der Waals surface area contributed by atoms with Gasteiger partial charge >= 0.3 is 0 Å². The summed E-state index contributed by atoms with van der Waals surface area (Å²) in [5.74, 6) is 0.872. The van der Waals surface area contributed by atoms with Crippen molar-refractivity contribution in [2.24, 2.45) is 5.92 Å². The molecular weight excluding hydrogens is 270 g/mol. The van der Waals surface area contributed by atoms with Crippen LogP contribution in [0.25, 0.3) is 6.08 Å². The van der Waals surface area contributed by atoms with Gasteiger partial charge in [-0.2, -0.15) is 0 Å². The molecule has 3 rings (SSSR count). The summed E-state index contributed by atoms with van der Waals surface area (Å²) in [5, 5.41) is 0. The van der Waals surface area contributed by atoms with E-state index in [4.69, 9.17) is 0 Å². The van der Waals surface area contributed by atoms with Crippen LogP contribution in [-0.2, 0) is 6.54 Å². The molecule has 0 amide bonds. The Labute approximate surface area is 133 Å². The number of rotatable bonds is 6. The molecule has 0 radical (unpaired) electrons. The molecule has 0 atom stereocenters. The maximum absolute atomic E-state index is 4.10. The highest BCUT2D eigenvalue weighted by Crippen LogP contribution is 2.21. The first-order valence-electron chi connectivity index (χ1n) is 8.30. The van der Waals surface area contributed by atoms with E-state index in [1.165, 1.54) is 37.9 Å². The second-order valence-electron chi connectivity index (χ2n) is 6.15. The fourth-order valence-electron chi connectivity index (χ4n) is 3.11. The van der Waals surface area contributed by atoms with E-state index in [9.17, 15) is 0 Å². The highest BCUT2D eigenvalue weighted by Gasteiger charge is 2.17. The van der Waals surface area contributed by atoms with E-state index < -0.39 is 0 Å². The van der Waals surface area contributed by atoms with Crippen LogP contribution in [0.5, 0.6) is 0 Å². The van der Waals surface area contributed by atoms with E-state index in [1.54, 1.807) is 0 Å². The third kappa shape index (κ3) is 4.57. The van der Waals surface area contributed by atoms with Crippen molar-refractivity contribution < 1.29 is 0 Å². The SMILES string of the molecule is C(=C\c1ccccc1)/CN1CCC(CCn2ccnc2)CC1. The molecule has 3 heteroatoms. The molecule has 1 aliphatic rings. The van der Waals surface area contributed by atoms with E-state index in [0.717, 1.165) is 19.0 Å². The molecule has 1 aromatic heterocycles. The van der Waals surface area contributed by atoms with Crippen LogP contribution in [0.1, 0.15) is 24.8 Å². The molecule has 1 saturated heterocycles. The number of hydrogen-bond donors (Lipinski definition) is 0. The fourth-order valence-corrected chi connectivity index (χ4v) is 3.11. The maximum atomic E-state index is 4.10. The molecule has 0 aliphatic carbocycles. The predicted molar refractivity (Wildman–Crippen MR) is 91.5 cm³/mol. The van der Waals surface area contributed by atoms with Gasteiger partial charge in [0.1, 0.15) is 0 Å². The molecule has 2 aromatic rings. The molecule has 0 saturated carbocycles. The molecule has 0 N–H and O–H groups in total. The van der Waals surface area contributed by atoms with Gasteiger partial charge in [-0.25, -0.2) is 4.98 Å². The number of likely N-dealkylation sites (tertiary alicyclic amines) is 1. The van der Waals surface area contributed by atoms with Gasteiger partial charge in [-0.1, -0.05) is 42.5 Å². The number of aryl methyl sites for hydroxylation is 1. The van der Waals surface area contributed by atoms with Crippen LogP contribution >= 0.6 is 0 Å². The Morgan fingerprint density at radius 2 is 1.95 bits per heavy atom. The lowest BCUT2D eigenvalue weighted by Crippen LogP contribution is -2.34. The highest BCUT2D eigenvalue weighted by molar-refractivity contribution is 5.48. The molecule has 116 valence electrons. The van der Waals surface area contributed by atoms with Gasteiger partial charge < -0.3 is 4.57 Å². The standard InChI is InChI=1S/C19H25N3/c1-2-5-18(6-3-1)7-4-12-21-13-8-19(9-14-21)10-15-22-16-11-20-17-22/h1-7,11,16-17,19H,8-10,12-15H2/b7-4+. The number of benzene rings is 1. The minimum atomic E-state index is 0.872. The van der Waals surface area contributed by atoms with E-state index >= 15 is 0 Å². The van der Waals surface area contributed by atoms with Gasteiger partial charge in [-0.3, -0.25) is 4.90 Å². The van der Waals surface area contributed by atoms with Gasteiger partial charge in [0.2, 0.25) is 0 Å². The van der Waals surface area contributed by atoms with Crippen molar-refractivity contribution in [3.63, 3.8) is 0 Å². The average molecular weight is 295 g/mol. The second-order valence-corrected chi connectivity index (χ2v) is 6.15. The molecule has 0 bridgehead atoms. The first-order chi connectivity index (χ1) is 10.9. The lowest BCUT2D eigenvalue weighted by atomic mass is 9.93. The van der Waals surface area contributed by atoms with Crippen molar-refractivity contribution in [2.75, 3.05) is 19.6 Å². The molecule has 1 fully saturated rings. The Balaban J connectivity index is 1.36. The summed E-state index contributed by atoms with van der Waals surface area (Å²) in [6.45, 7) is 4.64. The van der Waals surface area contributed by atoms with Crippen molar-refractivity contribution >= 4 is 6.08 Å².